The van der Waals surface area contributed by atoms with Crippen LogP contribution in [-0.2, 0) is 9.53 Å². The lowest BCUT2D eigenvalue weighted by molar-refractivity contribution is -0.142. The van der Waals surface area contributed by atoms with Crippen LogP contribution in [0.25, 0.3) is 0 Å². The Labute approximate surface area is 125 Å². The first kappa shape index (κ1) is 15.1. The Morgan fingerprint density at radius 1 is 1.43 bits per heavy atom. The molecule has 1 atom stereocenters. The van der Waals surface area contributed by atoms with Gasteiger partial charge in [-0.05, 0) is 12.5 Å². The molecule has 21 heavy (non-hydrogen) atoms. The number of ether oxygens (including phenoxy) is 1. The van der Waals surface area contributed by atoms with Gasteiger partial charge in [0.25, 0.3) is 5.56 Å². The number of aromatic nitrogens is 2. The van der Waals surface area contributed by atoms with Gasteiger partial charge < -0.3 is 15.5 Å². The molecule has 110 valence electrons. The Morgan fingerprint density at radius 3 is 2.76 bits per heavy atom. The van der Waals surface area contributed by atoms with Crippen molar-refractivity contribution in [1.29, 1.82) is 0 Å². The molecule has 0 saturated heterocycles. The van der Waals surface area contributed by atoms with Crippen LogP contribution < -0.4 is 11.3 Å². The van der Waals surface area contributed by atoms with Gasteiger partial charge in [-0.1, -0.05) is 42.1 Å². The molecule has 0 fully saturated rings. The van der Waals surface area contributed by atoms with Crippen molar-refractivity contribution in [2.24, 2.45) is 0 Å². The zero-order chi connectivity index (χ0) is 15.2. The molecule has 0 aliphatic carbocycles. The van der Waals surface area contributed by atoms with E-state index in [1.165, 1.54) is 6.07 Å². The van der Waals surface area contributed by atoms with Crippen molar-refractivity contribution in [3.63, 3.8) is 0 Å². The first-order valence-corrected chi connectivity index (χ1v) is 7.23. The third kappa shape index (κ3) is 4.09. The van der Waals surface area contributed by atoms with Gasteiger partial charge in [0.15, 0.2) is 5.16 Å². The smallest absolute Gasteiger partial charge is 0.324 e. The van der Waals surface area contributed by atoms with Crippen LogP contribution in [0.1, 0.15) is 17.7 Å². The first-order chi connectivity index (χ1) is 10.1. The van der Waals surface area contributed by atoms with E-state index in [4.69, 9.17) is 10.5 Å². The molecule has 0 saturated carbocycles. The van der Waals surface area contributed by atoms with Crippen molar-refractivity contribution in [2.45, 2.75) is 17.3 Å². The van der Waals surface area contributed by atoms with Gasteiger partial charge in [-0.2, -0.15) is 0 Å². The van der Waals surface area contributed by atoms with E-state index in [2.05, 4.69) is 9.97 Å². The number of hydrogen-bond acceptors (Lipinski definition) is 6. The lowest BCUT2D eigenvalue weighted by Gasteiger charge is -2.14. The lowest BCUT2D eigenvalue weighted by atomic mass is 10.1. The van der Waals surface area contributed by atoms with Crippen molar-refractivity contribution in [2.75, 3.05) is 12.3 Å². The molecule has 0 spiro atoms. The number of hydrogen-bond donors (Lipinski definition) is 2. The minimum Gasteiger partial charge on any atom is -0.465 e. The molecule has 3 N–H and O–H groups in total. The van der Waals surface area contributed by atoms with Gasteiger partial charge >= 0.3 is 5.97 Å². The largest absolute Gasteiger partial charge is 0.465 e. The van der Waals surface area contributed by atoms with E-state index < -0.39 is 11.2 Å². The molecule has 2 aromatic rings. The van der Waals surface area contributed by atoms with E-state index >= 15 is 0 Å². The van der Waals surface area contributed by atoms with Gasteiger partial charge in [0.05, 0.1) is 6.61 Å². The van der Waals surface area contributed by atoms with E-state index in [0.29, 0.717) is 0 Å². The van der Waals surface area contributed by atoms with Crippen molar-refractivity contribution in [3.8, 4) is 0 Å². The zero-order valence-corrected chi connectivity index (χ0v) is 12.2. The highest BCUT2D eigenvalue weighted by Gasteiger charge is 2.24. The highest BCUT2D eigenvalue weighted by atomic mass is 32.2. The second-order valence-electron chi connectivity index (χ2n) is 4.14. The van der Waals surface area contributed by atoms with Crippen LogP contribution in [0.3, 0.4) is 0 Å². The number of nitrogens with zero attached hydrogens (tertiary/aromatic N) is 1. The molecule has 1 heterocycles. The molecule has 0 bridgehead atoms. The second-order valence-corrected chi connectivity index (χ2v) is 5.23. The van der Waals surface area contributed by atoms with E-state index in [-0.39, 0.29) is 23.1 Å². The fourth-order valence-corrected chi connectivity index (χ4v) is 2.72. The summed E-state index contributed by atoms with van der Waals surface area (Å²) in [5, 5.41) is -0.335. The fourth-order valence-electron chi connectivity index (χ4n) is 1.72. The first-order valence-electron chi connectivity index (χ1n) is 6.35. The number of H-pyrrole nitrogens is 1. The second kappa shape index (κ2) is 6.94. The third-order valence-electron chi connectivity index (χ3n) is 2.57. The highest BCUT2D eigenvalue weighted by molar-refractivity contribution is 8.00. The average molecular weight is 305 g/mol. The molecule has 1 unspecified atom stereocenters. The number of thioether (sulfide) groups is 1. The normalized spacial score (nSPS) is 11.9. The summed E-state index contributed by atoms with van der Waals surface area (Å²) in [7, 11) is 0. The number of carbonyl (C=O) groups is 1. The fraction of sp³-hybridized carbons (Fsp3) is 0.214. The van der Waals surface area contributed by atoms with Crippen LogP contribution in [0.15, 0.2) is 46.3 Å². The van der Waals surface area contributed by atoms with Crippen molar-refractivity contribution < 1.29 is 9.53 Å². The maximum atomic E-state index is 12.1. The SMILES string of the molecule is CCOC(=O)C(Sc1nc(N)cc(=O)[nH]1)c1ccccc1. The van der Waals surface area contributed by atoms with Crippen LogP contribution >= 0.6 is 11.8 Å². The van der Waals surface area contributed by atoms with Gasteiger partial charge in [-0.3, -0.25) is 9.59 Å². The summed E-state index contributed by atoms with van der Waals surface area (Å²) in [6.45, 7) is 2.02. The standard InChI is InChI=1S/C14H15N3O3S/c1-2-20-13(19)12(9-6-4-3-5-7-9)21-14-16-10(15)8-11(18)17-14/h3-8,12H,2H2,1H3,(H3,15,16,17,18). The summed E-state index contributed by atoms with van der Waals surface area (Å²) in [5.74, 6) is -0.282. The molecular formula is C14H15N3O3S. The molecule has 1 aromatic heterocycles. The molecule has 0 aliphatic heterocycles. The predicted molar refractivity (Wildman–Crippen MR) is 80.9 cm³/mol. The quantitative estimate of drug-likeness (QED) is 0.496. The van der Waals surface area contributed by atoms with Gasteiger partial charge in [-0.25, -0.2) is 4.98 Å². The van der Waals surface area contributed by atoms with Crippen LogP contribution in [-0.4, -0.2) is 22.5 Å². The Bertz CT molecular complexity index is 673. The number of nitrogens with two attached hydrogens (primary N) is 1. The van der Waals surface area contributed by atoms with E-state index in [1.807, 2.05) is 30.3 Å². The number of nitrogens with one attached hydrogen (secondary N) is 1. The van der Waals surface area contributed by atoms with Crippen LogP contribution in [0.2, 0.25) is 0 Å². The molecule has 6 nitrogen and oxygen atoms in total. The minimum absolute atomic E-state index is 0.108. The Balaban J connectivity index is 2.32. The summed E-state index contributed by atoms with van der Waals surface area (Å²) >= 11 is 1.10. The summed E-state index contributed by atoms with van der Waals surface area (Å²) in [4.78, 5) is 30.1. The van der Waals surface area contributed by atoms with Gasteiger partial charge in [0.1, 0.15) is 11.1 Å². The number of nitrogen functional groups attached to an aromatic ring is 1. The lowest BCUT2D eigenvalue weighted by Crippen LogP contribution is -2.15. The monoisotopic (exact) mass is 305 g/mol. The summed E-state index contributed by atoms with van der Waals surface area (Å²) in [6.07, 6.45) is 0. The zero-order valence-electron chi connectivity index (χ0n) is 11.4. The Morgan fingerprint density at radius 2 is 2.14 bits per heavy atom. The summed E-state index contributed by atoms with van der Waals surface area (Å²) < 4.78 is 5.08. The van der Waals surface area contributed by atoms with Gasteiger partial charge in [0.2, 0.25) is 0 Å². The number of rotatable bonds is 5. The highest BCUT2D eigenvalue weighted by Crippen LogP contribution is 2.34. The molecule has 0 amide bonds. The number of aromatic amines is 1. The molecular weight excluding hydrogens is 290 g/mol. The molecule has 1 aromatic carbocycles. The third-order valence-corrected chi connectivity index (χ3v) is 3.69. The topological polar surface area (TPSA) is 98.1 Å². The van der Waals surface area contributed by atoms with Crippen LogP contribution in [0, 0.1) is 0 Å². The average Bonchev–Trinajstić information content (AvgIpc) is 2.45. The molecule has 7 heteroatoms. The minimum atomic E-state index is -0.615. The molecule has 0 aliphatic rings. The van der Waals surface area contributed by atoms with E-state index in [0.717, 1.165) is 17.3 Å². The van der Waals surface area contributed by atoms with Crippen molar-refractivity contribution >= 4 is 23.5 Å². The van der Waals surface area contributed by atoms with Crippen molar-refractivity contribution in [1.82, 2.24) is 9.97 Å². The molecule has 2 rings (SSSR count). The Kier molecular flexibility index (Phi) is 4.99. The Hall–Kier alpha value is -2.28. The summed E-state index contributed by atoms with van der Waals surface area (Å²) in [6, 6.07) is 10.3. The van der Waals surface area contributed by atoms with E-state index in [1.54, 1.807) is 6.92 Å². The van der Waals surface area contributed by atoms with Gasteiger partial charge in [-0.15, -0.1) is 0 Å². The molecule has 0 radical (unpaired) electrons. The maximum Gasteiger partial charge on any atom is 0.324 e. The number of benzene rings is 1. The number of carbonyl (C=O) groups excluding carboxylic acids is 1. The van der Waals surface area contributed by atoms with Gasteiger partial charge in [0, 0.05) is 6.07 Å². The van der Waals surface area contributed by atoms with Crippen molar-refractivity contribution in [3.05, 3.63) is 52.3 Å². The maximum absolute atomic E-state index is 12.1. The summed E-state index contributed by atoms with van der Waals surface area (Å²) in [5.41, 5.74) is 5.96. The van der Waals surface area contributed by atoms with Crippen LogP contribution in [0.5, 0.6) is 0 Å². The number of esters is 1. The number of anilines is 1. The van der Waals surface area contributed by atoms with Crippen LogP contribution in [0.4, 0.5) is 5.82 Å². The van der Waals surface area contributed by atoms with E-state index in [9.17, 15) is 9.59 Å². The predicted octanol–water partition coefficient (Wildman–Crippen LogP) is 1.75.